The molecule has 0 aliphatic carbocycles. The topological polar surface area (TPSA) is 77.8 Å². The number of amides is 1. The normalized spacial score (nSPS) is 10.0. The highest BCUT2D eigenvalue weighted by Gasteiger charge is 2.08. The third-order valence-corrected chi connectivity index (χ3v) is 2.72. The fourth-order valence-electron chi connectivity index (χ4n) is 1.73. The first-order chi connectivity index (χ1) is 10.1. The maximum atomic E-state index is 11.8. The largest absolute Gasteiger partial charge is 0.354 e. The Morgan fingerprint density at radius 1 is 1.14 bits per heavy atom. The first kappa shape index (κ1) is 14.5. The summed E-state index contributed by atoms with van der Waals surface area (Å²) >= 11 is 0. The number of nitrogens with one attached hydrogen (secondary N) is 2. The Morgan fingerprint density at radius 3 is 2.33 bits per heavy atom. The Morgan fingerprint density at radius 2 is 1.81 bits per heavy atom. The Hall–Kier alpha value is -2.87. The van der Waals surface area contributed by atoms with Crippen LogP contribution in [0.2, 0.25) is 0 Å². The van der Waals surface area contributed by atoms with Gasteiger partial charge in [-0.25, -0.2) is 4.98 Å². The molecule has 5 nitrogen and oxygen atoms in total. The maximum absolute atomic E-state index is 11.8. The Balaban J connectivity index is 2.05. The summed E-state index contributed by atoms with van der Waals surface area (Å²) in [4.78, 5) is 15.9. The van der Waals surface area contributed by atoms with Crippen molar-refractivity contribution in [2.75, 3.05) is 5.32 Å². The first-order valence-corrected chi connectivity index (χ1v) is 6.62. The van der Waals surface area contributed by atoms with Crippen LogP contribution in [0.5, 0.6) is 0 Å². The van der Waals surface area contributed by atoms with Crippen LogP contribution in [-0.4, -0.2) is 16.9 Å². The van der Waals surface area contributed by atoms with E-state index >= 15 is 0 Å². The molecule has 5 heteroatoms. The van der Waals surface area contributed by atoms with Crippen molar-refractivity contribution in [3.8, 4) is 6.07 Å². The first-order valence-electron chi connectivity index (χ1n) is 6.62. The highest BCUT2D eigenvalue weighted by atomic mass is 16.1. The van der Waals surface area contributed by atoms with Crippen molar-refractivity contribution in [1.82, 2.24) is 10.3 Å². The summed E-state index contributed by atoms with van der Waals surface area (Å²) in [6, 6.07) is 12.7. The van der Waals surface area contributed by atoms with E-state index in [1.807, 2.05) is 26.0 Å². The van der Waals surface area contributed by atoms with E-state index < -0.39 is 0 Å². The van der Waals surface area contributed by atoms with Crippen molar-refractivity contribution in [3.05, 3.63) is 53.9 Å². The molecule has 2 rings (SSSR count). The highest BCUT2D eigenvalue weighted by Crippen LogP contribution is 2.16. The standard InChI is InChI=1S/C16H16N4O/c1-11(2)19-16(21)15-8-7-14(10-18-15)20-13-5-3-12(9-17)4-6-13/h3-8,10-11,20H,1-2H3,(H,19,21). The molecule has 0 spiro atoms. The van der Waals surface area contributed by atoms with Crippen molar-refractivity contribution >= 4 is 17.3 Å². The molecule has 0 bridgehead atoms. The summed E-state index contributed by atoms with van der Waals surface area (Å²) in [6.07, 6.45) is 1.60. The number of nitriles is 1. The lowest BCUT2D eigenvalue weighted by Gasteiger charge is -2.09. The number of carbonyl (C=O) groups is 1. The minimum absolute atomic E-state index is 0.0794. The SMILES string of the molecule is CC(C)NC(=O)c1ccc(Nc2ccc(C#N)cc2)cn1. The molecule has 1 amide bonds. The van der Waals surface area contributed by atoms with Crippen molar-refractivity contribution in [2.45, 2.75) is 19.9 Å². The van der Waals surface area contributed by atoms with Gasteiger partial charge in [0.05, 0.1) is 23.5 Å². The number of rotatable bonds is 4. The van der Waals surface area contributed by atoms with E-state index in [4.69, 9.17) is 5.26 Å². The van der Waals surface area contributed by atoms with Crippen LogP contribution >= 0.6 is 0 Å². The molecule has 0 atom stereocenters. The predicted molar refractivity (Wildman–Crippen MR) is 81.3 cm³/mol. The monoisotopic (exact) mass is 280 g/mol. The third-order valence-electron chi connectivity index (χ3n) is 2.72. The molecule has 2 N–H and O–H groups in total. The molecule has 1 aromatic heterocycles. The molecule has 106 valence electrons. The van der Waals surface area contributed by atoms with Gasteiger partial charge in [0.1, 0.15) is 5.69 Å². The molecule has 2 aromatic rings. The Kier molecular flexibility index (Phi) is 4.52. The van der Waals surface area contributed by atoms with E-state index in [9.17, 15) is 4.79 Å². The van der Waals surface area contributed by atoms with Gasteiger partial charge in [-0.1, -0.05) is 0 Å². The summed E-state index contributed by atoms with van der Waals surface area (Å²) in [6.45, 7) is 3.80. The van der Waals surface area contributed by atoms with Crippen LogP contribution in [0, 0.1) is 11.3 Å². The molecule has 21 heavy (non-hydrogen) atoms. The van der Waals surface area contributed by atoms with Crippen molar-refractivity contribution in [3.63, 3.8) is 0 Å². The maximum Gasteiger partial charge on any atom is 0.270 e. The van der Waals surface area contributed by atoms with Crippen LogP contribution in [-0.2, 0) is 0 Å². The second-order valence-corrected chi connectivity index (χ2v) is 4.87. The molecule has 0 fully saturated rings. The van der Waals surface area contributed by atoms with E-state index in [2.05, 4.69) is 21.7 Å². The predicted octanol–water partition coefficient (Wildman–Crippen LogP) is 2.84. The zero-order valence-electron chi connectivity index (χ0n) is 11.9. The molecular formula is C16H16N4O. The fraction of sp³-hybridized carbons (Fsp3) is 0.188. The number of pyridine rings is 1. The zero-order chi connectivity index (χ0) is 15.2. The van der Waals surface area contributed by atoms with Gasteiger partial charge < -0.3 is 10.6 Å². The van der Waals surface area contributed by atoms with E-state index in [1.54, 1.807) is 30.5 Å². The van der Waals surface area contributed by atoms with E-state index in [1.165, 1.54) is 0 Å². The second-order valence-electron chi connectivity index (χ2n) is 4.87. The Bertz CT molecular complexity index is 654. The molecule has 0 radical (unpaired) electrons. The number of aromatic nitrogens is 1. The van der Waals surface area contributed by atoms with Gasteiger partial charge in [0, 0.05) is 11.7 Å². The molecule has 1 heterocycles. The van der Waals surface area contributed by atoms with E-state index in [0.717, 1.165) is 11.4 Å². The number of anilines is 2. The van der Waals surface area contributed by atoms with Gasteiger partial charge >= 0.3 is 0 Å². The molecule has 0 saturated carbocycles. The lowest BCUT2D eigenvalue weighted by molar-refractivity contribution is 0.0938. The number of benzene rings is 1. The molecule has 0 unspecified atom stereocenters. The zero-order valence-corrected chi connectivity index (χ0v) is 11.9. The summed E-state index contributed by atoms with van der Waals surface area (Å²) in [5.74, 6) is -0.185. The van der Waals surface area contributed by atoms with Crippen molar-refractivity contribution in [1.29, 1.82) is 5.26 Å². The van der Waals surface area contributed by atoms with Crippen molar-refractivity contribution in [2.24, 2.45) is 0 Å². The van der Waals surface area contributed by atoms with Crippen molar-refractivity contribution < 1.29 is 4.79 Å². The Labute approximate surface area is 123 Å². The van der Waals surface area contributed by atoms with Crippen LogP contribution in [0.3, 0.4) is 0 Å². The highest BCUT2D eigenvalue weighted by molar-refractivity contribution is 5.92. The molecule has 0 aliphatic rings. The van der Waals surface area contributed by atoms with E-state index in [-0.39, 0.29) is 11.9 Å². The van der Waals surface area contributed by atoms with Crippen LogP contribution in [0.25, 0.3) is 0 Å². The summed E-state index contributed by atoms with van der Waals surface area (Å²) in [5, 5.41) is 14.7. The number of hydrogen-bond acceptors (Lipinski definition) is 4. The fourth-order valence-corrected chi connectivity index (χ4v) is 1.73. The van der Waals surface area contributed by atoms with E-state index in [0.29, 0.717) is 11.3 Å². The minimum atomic E-state index is -0.185. The average molecular weight is 280 g/mol. The number of carbonyl (C=O) groups excluding carboxylic acids is 1. The number of nitrogens with zero attached hydrogens (tertiary/aromatic N) is 2. The van der Waals surface area contributed by atoms with Gasteiger partial charge in [-0.15, -0.1) is 0 Å². The van der Waals surface area contributed by atoms with Gasteiger partial charge in [0.2, 0.25) is 0 Å². The van der Waals surface area contributed by atoms with Gasteiger partial charge in [-0.3, -0.25) is 4.79 Å². The van der Waals surface area contributed by atoms with Gasteiger partial charge in [-0.05, 0) is 50.2 Å². The van der Waals surface area contributed by atoms with Crippen LogP contribution < -0.4 is 10.6 Å². The smallest absolute Gasteiger partial charge is 0.270 e. The molecule has 1 aromatic carbocycles. The van der Waals surface area contributed by atoms with Crippen LogP contribution in [0.15, 0.2) is 42.6 Å². The molecular weight excluding hydrogens is 264 g/mol. The van der Waals surface area contributed by atoms with Gasteiger partial charge in [0.25, 0.3) is 5.91 Å². The lowest BCUT2D eigenvalue weighted by Crippen LogP contribution is -2.30. The molecule has 0 aliphatic heterocycles. The summed E-state index contributed by atoms with van der Waals surface area (Å²) in [5.41, 5.74) is 2.63. The van der Waals surface area contributed by atoms with Gasteiger partial charge in [-0.2, -0.15) is 5.26 Å². The summed E-state index contributed by atoms with van der Waals surface area (Å²) in [7, 11) is 0. The van der Waals surface area contributed by atoms with Gasteiger partial charge in [0.15, 0.2) is 0 Å². The third kappa shape index (κ3) is 4.05. The summed E-state index contributed by atoms with van der Waals surface area (Å²) < 4.78 is 0. The number of hydrogen-bond donors (Lipinski definition) is 2. The quantitative estimate of drug-likeness (QED) is 0.902. The average Bonchev–Trinajstić information content (AvgIpc) is 2.48. The van der Waals surface area contributed by atoms with Crippen LogP contribution in [0.4, 0.5) is 11.4 Å². The van der Waals surface area contributed by atoms with Crippen LogP contribution in [0.1, 0.15) is 29.9 Å². The minimum Gasteiger partial charge on any atom is -0.354 e. The molecule has 0 saturated heterocycles. The second kappa shape index (κ2) is 6.53. The lowest BCUT2D eigenvalue weighted by atomic mass is 10.2.